The first-order valence-electron chi connectivity index (χ1n) is 6.68. The minimum absolute atomic E-state index is 0.256. The van der Waals surface area contributed by atoms with Gasteiger partial charge in [0.25, 0.3) is 5.69 Å². The number of nitro groups is 1. The molecule has 1 aromatic carbocycles. The van der Waals surface area contributed by atoms with Gasteiger partial charge in [-0.25, -0.2) is 4.39 Å². The van der Waals surface area contributed by atoms with Crippen LogP contribution in [0, 0.1) is 15.9 Å². The third-order valence-electron chi connectivity index (χ3n) is 3.35. The highest BCUT2D eigenvalue weighted by Gasteiger charge is 2.17. The summed E-state index contributed by atoms with van der Waals surface area (Å²) in [6.45, 7) is 0.835. The molecule has 21 heavy (non-hydrogen) atoms. The van der Waals surface area contributed by atoms with Crippen LogP contribution in [-0.4, -0.2) is 19.7 Å². The van der Waals surface area contributed by atoms with Gasteiger partial charge in [-0.3, -0.25) is 10.1 Å². The van der Waals surface area contributed by atoms with Gasteiger partial charge in [-0.15, -0.1) is 10.2 Å². The monoisotopic (exact) mass is 308 g/mol. The molecule has 2 aromatic rings. The standard InChI is InChI=1S/C13H13FN4O2S/c14-9-6-10(18(19)20)8-11(7-9)21-13-16-15-12-4-2-1-3-5-17(12)13/h6-8H,1-5H2. The van der Waals surface area contributed by atoms with Crippen molar-refractivity contribution in [2.75, 3.05) is 0 Å². The van der Waals surface area contributed by atoms with E-state index >= 15 is 0 Å². The molecule has 1 aliphatic rings. The van der Waals surface area contributed by atoms with Gasteiger partial charge < -0.3 is 4.57 Å². The zero-order chi connectivity index (χ0) is 14.8. The Morgan fingerprint density at radius 2 is 2.10 bits per heavy atom. The number of halogens is 1. The number of rotatable bonds is 3. The molecule has 3 rings (SSSR count). The van der Waals surface area contributed by atoms with Gasteiger partial charge in [-0.05, 0) is 30.7 Å². The summed E-state index contributed by atoms with van der Waals surface area (Å²) in [6, 6.07) is 3.54. The van der Waals surface area contributed by atoms with Crippen LogP contribution in [0.15, 0.2) is 28.3 Å². The minimum atomic E-state index is -0.623. The predicted molar refractivity (Wildman–Crippen MR) is 74.8 cm³/mol. The first kappa shape index (κ1) is 14.0. The van der Waals surface area contributed by atoms with Crippen LogP contribution in [0.25, 0.3) is 0 Å². The number of aryl methyl sites for hydroxylation is 1. The lowest BCUT2D eigenvalue weighted by Crippen LogP contribution is -2.02. The summed E-state index contributed by atoms with van der Waals surface area (Å²) in [4.78, 5) is 10.6. The number of hydrogen-bond donors (Lipinski definition) is 0. The molecule has 0 fully saturated rings. The highest BCUT2D eigenvalue weighted by molar-refractivity contribution is 7.99. The normalized spacial score (nSPS) is 14.5. The van der Waals surface area contributed by atoms with E-state index in [1.165, 1.54) is 23.9 Å². The third-order valence-corrected chi connectivity index (χ3v) is 4.31. The van der Waals surface area contributed by atoms with Gasteiger partial charge in [0.2, 0.25) is 0 Å². The molecule has 6 nitrogen and oxygen atoms in total. The van der Waals surface area contributed by atoms with Crippen molar-refractivity contribution in [1.82, 2.24) is 14.8 Å². The average Bonchev–Trinajstić information content (AvgIpc) is 2.68. The van der Waals surface area contributed by atoms with Gasteiger partial charge in [-0.1, -0.05) is 6.42 Å². The minimum Gasteiger partial charge on any atom is -0.306 e. The lowest BCUT2D eigenvalue weighted by atomic mass is 10.2. The molecule has 0 saturated carbocycles. The highest BCUT2D eigenvalue weighted by Crippen LogP contribution is 2.31. The van der Waals surface area contributed by atoms with E-state index in [2.05, 4.69) is 10.2 Å². The number of aromatic nitrogens is 3. The Bertz CT molecular complexity index is 689. The zero-order valence-corrected chi connectivity index (χ0v) is 12.0. The molecule has 0 aliphatic carbocycles. The maximum atomic E-state index is 13.5. The molecule has 0 saturated heterocycles. The lowest BCUT2D eigenvalue weighted by molar-refractivity contribution is -0.385. The molecule has 1 aliphatic heterocycles. The van der Waals surface area contributed by atoms with E-state index in [-0.39, 0.29) is 5.69 Å². The second-order valence-electron chi connectivity index (χ2n) is 4.87. The van der Waals surface area contributed by atoms with Gasteiger partial charge >= 0.3 is 0 Å². The zero-order valence-electron chi connectivity index (χ0n) is 11.2. The predicted octanol–water partition coefficient (Wildman–Crippen LogP) is 3.20. The lowest BCUT2D eigenvalue weighted by Gasteiger charge is -2.06. The number of nitro benzene ring substituents is 1. The third kappa shape index (κ3) is 3.05. The first-order chi connectivity index (χ1) is 10.1. The largest absolute Gasteiger partial charge is 0.306 e. The van der Waals surface area contributed by atoms with Crippen molar-refractivity contribution >= 4 is 17.4 Å². The van der Waals surface area contributed by atoms with Crippen molar-refractivity contribution in [2.24, 2.45) is 0 Å². The van der Waals surface area contributed by atoms with Crippen molar-refractivity contribution in [3.8, 4) is 0 Å². The maximum absolute atomic E-state index is 13.5. The van der Waals surface area contributed by atoms with Crippen LogP contribution in [-0.2, 0) is 13.0 Å². The number of fused-ring (bicyclic) bond motifs is 1. The summed E-state index contributed by atoms with van der Waals surface area (Å²) >= 11 is 1.21. The summed E-state index contributed by atoms with van der Waals surface area (Å²) in [6.07, 6.45) is 4.19. The summed E-state index contributed by atoms with van der Waals surface area (Å²) in [5.41, 5.74) is -0.256. The molecule has 0 atom stereocenters. The molecule has 110 valence electrons. The Morgan fingerprint density at radius 1 is 1.24 bits per heavy atom. The summed E-state index contributed by atoms with van der Waals surface area (Å²) < 4.78 is 15.5. The second kappa shape index (κ2) is 5.80. The first-order valence-corrected chi connectivity index (χ1v) is 7.50. The Morgan fingerprint density at radius 3 is 2.90 bits per heavy atom. The average molecular weight is 308 g/mol. The number of nitrogens with zero attached hydrogens (tertiary/aromatic N) is 4. The van der Waals surface area contributed by atoms with Crippen LogP contribution in [0.2, 0.25) is 0 Å². The number of non-ortho nitro benzene ring substituents is 1. The SMILES string of the molecule is O=[N+]([O-])c1cc(F)cc(Sc2nnc3n2CCCCC3)c1. The quantitative estimate of drug-likeness (QED) is 0.643. The molecule has 1 aromatic heterocycles. The molecule has 2 heterocycles. The second-order valence-corrected chi connectivity index (χ2v) is 5.91. The van der Waals surface area contributed by atoms with Crippen molar-refractivity contribution in [2.45, 2.75) is 42.3 Å². The summed E-state index contributed by atoms with van der Waals surface area (Å²) in [5.74, 6) is 0.309. The molecule has 0 N–H and O–H groups in total. The van der Waals surface area contributed by atoms with E-state index in [0.717, 1.165) is 44.1 Å². The fraction of sp³-hybridized carbons (Fsp3) is 0.385. The Kier molecular flexibility index (Phi) is 3.87. The fourth-order valence-electron chi connectivity index (χ4n) is 2.35. The summed E-state index contributed by atoms with van der Waals surface area (Å²) in [7, 11) is 0. The van der Waals surface area contributed by atoms with Crippen molar-refractivity contribution in [1.29, 1.82) is 0 Å². The number of benzene rings is 1. The molecular formula is C13H13FN4O2S. The van der Waals surface area contributed by atoms with Crippen LogP contribution < -0.4 is 0 Å². The Labute approximate surface area is 124 Å². The topological polar surface area (TPSA) is 73.8 Å². The fourth-order valence-corrected chi connectivity index (χ4v) is 3.30. The van der Waals surface area contributed by atoms with Crippen LogP contribution in [0.1, 0.15) is 25.1 Å². The van der Waals surface area contributed by atoms with Crippen molar-refractivity contribution in [3.05, 3.63) is 40.0 Å². The Hall–Kier alpha value is -1.96. The van der Waals surface area contributed by atoms with Crippen molar-refractivity contribution in [3.63, 3.8) is 0 Å². The molecule has 0 unspecified atom stereocenters. The van der Waals surface area contributed by atoms with Gasteiger partial charge in [0.1, 0.15) is 11.6 Å². The van der Waals surface area contributed by atoms with Crippen LogP contribution in [0.4, 0.5) is 10.1 Å². The molecule has 0 radical (unpaired) electrons. The van der Waals surface area contributed by atoms with E-state index in [9.17, 15) is 14.5 Å². The van der Waals surface area contributed by atoms with Crippen LogP contribution >= 0.6 is 11.8 Å². The van der Waals surface area contributed by atoms with Gasteiger partial charge in [0.15, 0.2) is 5.16 Å². The highest BCUT2D eigenvalue weighted by atomic mass is 32.2. The Balaban J connectivity index is 1.90. The van der Waals surface area contributed by atoms with E-state index in [4.69, 9.17) is 0 Å². The molecule has 0 bridgehead atoms. The summed E-state index contributed by atoms with van der Waals surface area (Å²) in [5, 5.41) is 19.7. The number of hydrogen-bond acceptors (Lipinski definition) is 5. The molecule has 0 spiro atoms. The van der Waals surface area contributed by atoms with Crippen LogP contribution in [0.3, 0.4) is 0 Å². The van der Waals surface area contributed by atoms with E-state index in [1.54, 1.807) is 0 Å². The molecule has 8 heteroatoms. The van der Waals surface area contributed by atoms with Gasteiger partial charge in [-0.2, -0.15) is 0 Å². The maximum Gasteiger partial charge on any atom is 0.273 e. The van der Waals surface area contributed by atoms with E-state index < -0.39 is 10.7 Å². The molecule has 0 amide bonds. The van der Waals surface area contributed by atoms with Gasteiger partial charge in [0.05, 0.1) is 11.0 Å². The van der Waals surface area contributed by atoms with E-state index in [1.807, 2.05) is 4.57 Å². The van der Waals surface area contributed by atoms with Crippen LogP contribution in [0.5, 0.6) is 0 Å². The molecular weight excluding hydrogens is 295 g/mol. The van der Waals surface area contributed by atoms with E-state index in [0.29, 0.717) is 10.1 Å². The smallest absolute Gasteiger partial charge is 0.273 e. The van der Waals surface area contributed by atoms with Gasteiger partial charge in [0, 0.05) is 23.9 Å². The van der Waals surface area contributed by atoms with Crippen molar-refractivity contribution < 1.29 is 9.31 Å².